The van der Waals surface area contributed by atoms with Crippen molar-refractivity contribution >= 4 is 27.4 Å². The molecule has 0 spiro atoms. The lowest BCUT2D eigenvalue weighted by atomic mass is 9.43. The highest BCUT2D eigenvalue weighted by Crippen LogP contribution is 2.66. The Bertz CT molecular complexity index is 1480. The highest BCUT2D eigenvalue weighted by Gasteiger charge is 2.60. The van der Waals surface area contributed by atoms with Gasteiger partial charge in [-0.25, -0.2) is 13.2 Å². The molecular formula is C30H40N4O5S. The molecule has 5 aliphatic carbocycles. The number of amides is 2. The van der Waals surface area contributed by atoms with Crippen LogP contribution in [0.4, 0.5) is 16.2 Å². The smallest absolute Gasteiger partial charge is 0.315 e. The van der Waals surface area contributed by atoms with Crippen LogP contribution < -0.4 is 31.5 Å². The van der Waals surface area contributed by atoms with Crippen LogP contribution >= 0.6 is 0 Å². The first-order chi connectivity index (χ1) is 18.8. The number of carbonyl (C=O) groups is 1. The molecule has 0 aliphatic heterocycles. The topological polar surface area (TPSA) is 133 Å². The molecule has 4 N–H and O–H groups in total. The van der Waals surface area contributed by atoms with Gasteiger partial charge in [0, 0.05) is 17.6 Å². The van der Waals surface area contributed by atoms with E-state index in [1.165, 1.54) is 31.4 Å². The summed E-state index contributed by atoms with van der Waals surface area (Å²) >= 11 is 0. The zero-order valence-electron chi connectivity index (χ0n) is 23.6. The van der Waals surface area contributed by atoms with Crippen LogP contribution in [0.15, 0.2) is 38.8 Å². The third-order valence-corrected chi connectivity index (χ3v) is 11.3. The molecule has 2 atom stereocenters. The second kappa shape index (κ2) is 9.33. The number of hydrogen-bond donors (Lipinski definition) is 4. The van der Waals surface area contributed by atoms with Crippen LogP contribution in [0.3, 0.4) is 0 Å². The number of carbonyl (C=O) groups excluding carboxylic acids is 1. The molecule has 0 radical (unpaired) electrons. The van der Waals surface area contributed by atoms with E-state index in [4.69, 9.17) is 0 Å². The van der Waals surface area contributed by atoms with Gasteiger partial charge < -0.3 is 16.0 Å². The predicted octanol–water partition coefficient (Wildman–Crippen LogP) is 4.16. The molecule has 5 saturated carbocycles. The summed E-state index contributed by atoms with van der Waals surface area (Å²) in [6, 6.07) is 6.13. The van der Waals surface area contributed by atoms with E-state index in [0.717, 1.165) is 37.7 Å². The number of anilines is 2. The minimum atomic E-state index is -3.99. The minimum Gasteiger partial charge on any atom is -0.377 e. The van der Waals surface area contributed by atoms with E-state index >= 15 is 0 Å². The van der Waals surface area contributed by atoms with Gasteiger partial charge in [-0.1, -0.05) is 31.5 Å². The Hall–Kier alpha value is -2.88. The number of urea groups is 1. The van der Waals surface area contributed by atoms with Gasteiger partial charge in [-0.05, 0) is 100 Å². The average Bonchev–Trinajstić information content (AvgIpc) is 2.84. The van der Waals surface area contributed by atoms with E-state index in [1.54, 1.807) is 12.1 Å². The van der Waals surface area contributed by atoms with Crippen LogP contribution in [0.25, 0.3) is 0 Å². The molecular weight excluding hydrogens is 528 g/mol. The maximum Gasteiger partial charge on any atom is 0.315 e. The molecule has 5 aliphatic rings. The molecule has 10 heteroatoms. The largest absolute Gasteiger partial charge is 0.377 e. The third-order valence-electron chi connectivity index (χ3n) is 9.89. The Balaban J connectivity index is 1.03. The van der Waals surface area contributed by atoms with Crippen molar-refractivity contribution in [2.75, 3.05) is 10.0 Å². The molecule has 2 aromatic rings. The van der Waals surface area contributed by atoms with Crippen LogP contribution in [-0.2, 0) is 10.0 Å². The fraction of sp³-hybridized carbons (Fsp3) is 0.633. The predicted molar refractivity (Wildman–Crippen MR) is 155 cm³/mol. The normalized spacial score (nSPS) is 34.9. The Morgan fingerprint density at radius 1 is 0.825 bits per heavy atom. The van der Waals surface area contributed by atoms with Crippen molar-refractivity contribution in [1.29, 1.82) is 0 Å². The number of hydrogen-bond acceptors (Lipinski definition) is 6. The van der Waals surface area contributed by atoms with E-state index in [2.05, 4.69) is 34.5 Å². The molecule has 9 nitrogen and oxygen atoms in total. The monoisotopic (exact) mass is 568 g/mol. The summed E-state index contributed by atoms with van der Waals surface area (Å²) in [6.07, 6.45) is 9.88. The molecule has 0 unspecified atom stereocenters. The van der Waals surface area contributed by atoms with Gasteiger partial charge in [0.1, 0.15) is 11.4 Å². The third kappa shape index (κ3) is 5.03. The summed E-state index contributed by atoms with van der Waals surface area (Å²) < 4.78 is 27.8. The van der Waals surface area contributed by atoms with Crippen molar-refractivity contribution in [3.05, 3.63) is 50.3 Å². The van der Waals surface area contributed by atoms with Gasteiger partial charge in [-0.15, -0.1) is 0 Å². The van der Waals surface area contributed by atoms with Crippen molar-refractivity contribution < 1.29 is 13.2 Å². The molecule has 0 aromatic heterocycles. The van der Waals surface area contributed by atoms with Gasteiger partial charge in [0.25, 0.3) is 20.9 Å². The van der Waals surface area contributed by atoms with Crippen molar-refractivity contribution in [3.8, 4) is 0 Å². The summed E-state index contributed by atoms with van der Waals surface area (Å²) in [5.41, 5.74) is -0.258. The number of sulfonamides is 1. The molecule has 216 valence electrons. The SMILES string of the molecule is Cc1ccc(S(=O)(=O)Nc2c(NC3CCC(NC(=O)NC45CC6C[C@@](C)(C4)C[C@@](C)(C6)C5)CC3)c(=O)c2=O)cc1. The van der Waals surface area contributed by atoms with E-state index in [0.29, 0.717) is 29.6 Å². The fourth-order valence-corrected chi connectivity index (χ4v) is 10.2. The van der Waals surface area contributed by atoms with Gasteiger partial charge >= 0.3 is 6.03 Å². The van der Waals surface area contributed by atoms with Gasteiger partial charge in [-0.3, -0.25) is 14.3 Å². The van der Waals surface area contributed by atoms with Gasteiger partial charge in [0.2, 0.25) is 0 Å². The van der Waals surface area contributed by atoms with Crippen molar-refractivity contribution in [2.45, 2.75) is 107 Å². The Morgan fingerprint density at radius 2 is 1.40 bits per heavy atom. The van der Waals surface area contributed by atoms with Crippen LogP contribution in [0, 0.1) is 23.7 Å². The lowest BCUT2D eigenvalue weighted by Crippen LogP contribution is -2.66. The lowest BCUT2D eigenvalue weighted by molar-refractivity contribution is -0.113. The van der Waals surface area contributed by atoms with Gasteiger partial charge in [0.05, 0.1) is 4.90 Å². The summed E-state index contributed by atoms with van der Waals surface area (Å²) in [7, 11) is -3.99. The highest BCUT2D eigenvalue weighted by molar-refractivity contribution is 7.92. The van der Waals surface area contributed by atoms with Crippen molar-refractivity contribution in [1.82, 2.24) is 10.6 Å². The Morgan fingerprint density at radius 3 is 2.00 bits per heavy atom. The first-order valence-electron chi connectivity index (χ1n) is 14.5. The van der Waals surface area contributed by atoms with Crippen molar-refractivity contribution in [2.24, 2.45) is 16.7 Å². The summed E-state index contributed by atoms with van der Waals surface area (Å²) in [4.78, 5) is 37.7. The Labute approximate surface area is 235 Å². The van der Waals surface area contributed by atoms with Crippen LogP contribution in [0.2, 0.25) is 0 Å². The van der Waals surface area contributed by atoms with E-state index in [1.807, 2.05) is 6.92 Å². The maximum absolute atomic E-state index is 13.1. The number of nitrogens with one attached hydrogen (secondary N) is 4. The molecule has 0 heterocycles. The molecule has 7 rings (SSSR count). The van der Waals surface area contributed by atoms with E-state index < -0.39 is 20.9 Å². The maximum atomic E-state index is 13.1. The van der Waals surface area contributed by atoms with E-state index in [9.17, 15) is 22.8 Å². The quantitative estimate of drug-likeness (QED) is 0.371. The summed E-state index contributed by atoms with van der Waals surface area (Å²) in [6.45, 7) is 6.64. The number of rotatable bonds is 7. The summed E-state index contributed by atoms with van der Waals surface area (Å²) in [5, 5.41) is 9.72. The summed E-state index contributed by atoms with van der Waals surface area (Å²) in [5.74, 6) is 0.703. The molecule has 2 amide bonds. The second-order valence-corrected chi connectivity index (χ2v) is 15.7. The standard InChI is InChI=1S/C30H40N4O5S/c1-18-4-10-22(11-5-18)40(38,39)34-24-23(25(35)26(24)36)31-20-6-8-21(9-7-20)32-27(37)33-30-14-19-12-28(2,16-30)15-29(3,13-19)17-30/h4-5,10-11,19-21,31,34H,6-9,12-17H2,1-3H3,(H2,32,33,37)/t19?,20?,21?,28-,29-,30?/m1/s1. The fourth-order valence-electron chi connectivity index (χ4n) is 9.17. The molecule has 0 saturated heterocycles. The van der Waals surface area contributed by atoms with Crippen LogP contribution in [0.1, 0.15) is 83.6 Å². The second-order valence-electron chi connectivity index (χ2n) is 14.0. The molecule has 4 bridgehead atoms. The molecule has 5 fully saturated rings. The Kier molecular flexibility index (Phi) is 6.36. The average molecular weight is 569 g/mol. The minimum absolute atomic E-state index is 0.0265. The molecule has 40 heavy (non-hydrogen) atoms. The first-order valence-corrected chi connectivity index (χ1v) is 16.0. The number of aryl methyl sites for hydroxylation is 1. The van der Waals surface area contributed by atoms with Crippen LogP contribution in [-0.4, -0.2) is 32.1 Å². The van der Waals surface area contributed by atoms with Gasteiger partial charge in [0.15, 0.2) is 0 Å². The van der Waals surface area contributed by atoms with Gasteiger partial charge in [-0.2, -0.15) is 0 Å². The molecule has 2 aromatic carbocycles. The lowest BCUT2D eigenvalue weighted by Gasteiger charge is -2.65. The van der Waals surface area contributed by atoms with E-state index in [-0.39, 0.29) is 39.9 Å². The van der Waals surface area contributed by atoms with Crippen molar-refractivity contribution in [3.63, 3.8) is 0 Å². The zero-order valence-corrected chi connectivity index (χ0v) is 24.4. The van der Waals surface area contributed by atoms with Crippen LogP contribution in [0.5, 0.6) is 0 Å². The highest BCUT2D eigenvalue weighted by atomic mass is 32.2. The zero-order chi connectivity index (χ0) is 28.5. The number of benzene rings is 1. The first kappa shape index (κ1) is 27.3.